The molecule has 0 aliphatic rings. The van der Waals surface area contributed by atoms with Crippen molar-refractivity contribution in [3.05, 3.63) is 144 Å². The number of aromatic nitrogens is 2. The molecular formula is C29H22F2N2O. The number of ether oxygens (including phenoxy) is 1. The van der Waals surface area contributed by atoms with Gasteiger partial charge in [0.2, 0.25) is 0 Å². The largest absolute Gasteiger partial charge is 0.489 e. The summed E-state index contributed by atoms with van der Waals surface area (Å²) in [6, 6.07) is 29.9. The van der Waals surface area contributed by atoms with Gasteiger partial charge < -0.3 is 9.30 Å². The third-order valence-electron chi connectivity index (χ3n) is 5.76. The Labute approximate surface area is 196 Å². The quantitative estimate of drug-likeness (QED) is 0.265. The van der Waals surface area contributed by atoms with Crippen LogP contribution >= 0.6 is 0 Å². The lowest BCUT2D eigenvalue weighted by molar-refractivity contribution is 0.299. The lowest BCUT2D eigenvalue weighted by Crippen LogP contribution is -2.10. The molecule has 0 spiro atoms. The van der Waals surface area contributed by atoms with E-state index in [1.165, 1.54) is 17.7 Å². The average Bonchev–Trinajstić information content (AvgIpc) is 3.40. The number of hydrogen-bond acceptors (Lipinski definition) is 2. The third-order valence-corrected chi connectivity index (χ3v) is 5.76. The van der Waals surface area contributed by atoms with Crippen molar-refractivity contribution in [1.29, 1.82) is 0 Å². The first-order valence-electron chi connectivity index (χ1n) is 11.0. The Morgan fingerprint density at radius 3 is 2.09 bits per heavy atom. The van der Waals surface area contributed by atoms with Gasteiger partial charge in [-0.25, -0.2) is 13.8 Å². The zero-order valence-corrected chi connectivity index (χ0v) is 18.3. The smallest absolute Gasteiger partial charge is 0.132 e. The number of nitrogens with zero attached hydrogens (tertiary/aromatic N) is 2. The highest BCUT2D eigenvalue weighted by atomic mass is 19.1. The summed E-state index contributed by atoms with van der Waals surface area (Å²) < 4.78 is 34.8. The summed E-state index contributed by atoms with van der Waals surface area (Å²) in [7, 11) is 0. The maximum Gasteiger partial charge on any atom is 0.132 e. The van der Waals surface area contributed by atoms with E-state index in [4.69, 9.17) is 4.74 Å². The molecule has 1 aromatic heterocycles. The van der Waals surface area contributed by atoms with Gasteiger partial charge in [0.1, 0.15) is 24.0 Å². The third kappa shape index (κ3) is 4.74. The van der Waals surface area contributed by atoms with Crippen molar-refractivity contribution in [2.45, 2.75) is 12.6 Å². The molecule has 0 saturated carbocycles. The summed E-state index contributed by atoms with van der Waals surface area (Å²) in [4.78, 5) is 4.23. The van der Waals surface area contributed by atoms with Crippen molar-refractivity contribution in [3.8, 4) is 16.9 Å². The van der Waals surface area contributed by atoms with Crippen LogP contribution in [0, 0.1) is 11.6 Å². The molecule has 5 aromatic rings. The molecule has 0 bridgehead atoms. The fourth-order valence-corrected chi connectivity index (χ4v) is 3.99. The van der Waals surface area contributed by atoms with Crippen LogP contribution in [0.5, 0.6) is 5.75 Å². The molecule has 0 radical (unpaired) electrons. The van der Waals surface area contributed by atoms with Gasteiger partial charge in [-0.15, -0.1) is 0 Å². The minimum Gasteiger partial charge on any atom is -0.489 e. The van der Waals surface area contributed by atoms with E-state index in [-0.39, 0.29) is 12.6 Å². The molecule has 168 valence electrons. The molecule has 0 aliphatic heterocycles. The molecule has 0 fully saturated rings. The van der Waals surface area contributed by atoms with Gasteiger partial charge in [0.15, 0.2) is 0 Å². The van der Waals surface area contributed by atoms with Crippen molar-refractivity contribution in [2.75, 3.05) is 0 Å². The second-order valence-corrected chi connectivity index (χ2v) is 7.99. The van der Waals surface area contributed by atoms with E-state index in [9.17, 15) is 8.78 Å². The first kappa shape index (κ1) is 21.6. The highest BCUT2D eigenvalue weighted by molar-refractivity contribution is 5.63. The Morgan fingerprint density at radius 1 is 0.765 bits per heavy atom. The predicted octanol–water partition coefficient (Wildman–Crippen LogP) is 7.05. The zero-order chi connectivity index (χ0) is 23.3. The Kier molecular flexibility index (Phi) is 6.17. The molecule has 1 heterocycles. The van der Waals surface area contributed by atoms with E-state index in [1.807, 2.05) is 48.7 Å². The molecule has 1 unspecified atom stereocenters. The maximum absolute atomic E-state index is 13.9. The van der Waals surface area contributed by atoms with Crippen LogP contribution in [0.25, 0.3) is 11.1 Å². The monoisotopic (exact) mass is 452 g/mol. The summed E-state index contributed by atoms with van der Waals surface area (Å²) >= 11 is 0. The second kappa shape index (κ2) is 9.71. The van der Waals surface area contributed by atoms with Crippen molar-refractivity contribution >= 4 is 0 Å². The van der Waals surface area contributed by atoms with Crippen LogP contribution in [0.15, 0.2) is 116 Å². The van der Waals surface area contributed by atoms with E-state index in [0.717, 1.165) is 22.8 Å². The van der Waals surface area contributed by atoms with Gasteiger partial charge in [-0.1, -0.05) is 66.7 Å². The number of hydrogen-bond donors (Lipinski definition) is 0. The molecule has 0 aliphatic carbocycles. The van der Waals surface area contributed by atoms with Crippen LogP contribution < -0.4 is 4.74 Å². The first-order chi connectivity index (χ1) is 16.7. The van der Waals surface area contributed by atoms with Gasteiger partial charge in [0.05, 0.1) is 12.4 Å². The summed E-state index contributed by atoms with van der Waals surface area (Å²) in [6.07, 6.45) is 5.51. The van der Waals surface area contributed by atoms with Crippen LogP contribution in [0.2, 0.25) is 0 Å². The topological polar surface area (TPSA) is 27.1 Å². The Bertz CT molecular complexity index is 1350. The van der Waals surface area contributed by atoms with Crippen LogP contribution in [-0.2, 0) is 6.61 Å². The van der Waals surface area contributed by atoms with Crippen LogP contribution in [0.4, 0.5) is 8.78 Å². The number of imidazole rings is 1. The summed E-state index contributed by atoms with van der Waals surface area (Å²) in [5.41, 5.74) is 4.82. The van der Waals surface area contributed by atoms with Crippen LogP contribution in [0.1, 0.15) is 22.7 Å². The Morgan fingerprint density at radius 2 is 1.44 bits per heavy atom. The van der Waals surface area contributed by atoms with E-state index in [1.54, 1.807) is 12.5 Å². The minimum absolute atomic E-state index is 0.0252. The van der Waals surface area contributed by atoms with E-state index in [0.29, 0.717) is 11.3 Å². The molecule has 1 atom stereocenters. The Balaban J connectivity index is 1.37. The molecule has 5 heteroatoms. The lowest BCUT2D eigenvalue weighted by Gasteiger charge is -2.20. The van der Waals surface area contributed by atoms with Crippen molar-refractivity contribution in [2.24, 2.45) is 0 Å². The highest BCUT2D eigenvalue weighted by Crippen LogP contribution is 2.30. The molecule has 4 aromatic carbocycles. The highest BCUT2D eigenvalue weighted by Gasteiger charge is 2.16. The maximum atomic E-state index is 13.9. The fraction of sp³-hybridized carbons (Fsp3) is 0.0690. The summed E-state index contributed by atoms with van der Waals surface area (Å²) in [5.74, 6) is -0.611. The molecule has 0 saturated heterocycles. The number of halogens is 2. The number of benzene rings is 4. The van der Waals surface area contributed by atoms with Gasteiger partial charge in [-0.05, 0) is 46.5 Å². The van der Waals surface area contributed by atoms with Gasteiger partial charge in [0, 0.05) is 24.0 Å². The standard InChI is InChI=1S/C29H22F2N2O/c30-26-13-10-25(28(31)18-26)19-34-27-14-11-24(12-15-27)29(33-17-16-32-20-33)23-8-6-22(7-9-23)21-4-2-1-3-5-21/h1-18,20,29H,19H2. The second-order valence-electron chi connectivity index (χ2n) is 7.99. The van der Waals surface area contributed by atoms with Gasteiger partial charge in [-0.3, -0.25) is 0 Å². The van der Waals surface area contributed by atoms with Crippen molar-refractivity contribution < 1.29 is 13.5 Å². The normalized spacial score (nSPS) is 11.8. The number of rotatable bonds is 7. The SMILES string of the molecule is Fc1ccc(COc2ccc(C(c3ccc(-c4ccccc4)cc3)n3ccnc3)cc2)c(F)c1. The zero-order valence-electron chi connectivity index (χ0n) is 18.3. The van der Waals surface area contributed by atoms with E-state index < -0.39 is 11.6 Å². The van der Waals surface area contributed by atoms with E-state index in [2.05, 4.69) is 45.9 Å². The molecule has 3 nitrogen and oxygen atoms in total. The minimum atomic E-state index is -0.615. The van der Waals surface area contributed by atoms with Crippen LogP contribution in [-0.4, -0.2) is 9.55 Å². The van der Waals surface area contributed by atoms with Gasteiger partial charge in [0.25, 0.3) is 0 Å². The molecule has 0 N–H and O–H groups in total. The first-order valence-corrected chi connectivity index (χ1v) is 11.0. The van der Waals surface area contributed by atoms with Gasteiger partial charge >= 0.3 is 0 Å². The van der Waals surface area contributed by atoms with Crippen LogP contribution in [0.3, 0.4) is 0 Å². The van der Waals surface area contributed by atoms with Crippen molar-refractivity contribution in [1.82, 2.24) is 9.55 Å². The molecule has 34 heavy (non-hydrogen) atoms. The molecule has 0 amide bonds. The van der Waals surface area contributed by atoms with E-state index >= 15 is 0 Å². The molecular weight excluding hydrogens is 430 g/mol. The van der Waals surface area contributed by atoms with Crippen molar-refractivity contribution in [3.63, 3.8) is 0 Å². The molecule has 5 rings (SSSR count). The lowest BCUT2D eigenvalue weighted by atomic mass is 9.96. The predicted molar refractivity (Wildman–Crippen MR) is 128 cm³/mol. The summed E-state index contributed by atoms with van der Waals surface area (Å²) in [6.45, 7) is 0.0252. The summed E-state index contributed by atoms with van der Waals surface area (Å²) in [5, 5.41) is 0. The fourth-order valence-electron chi connectivity index (χ4n) is 3.99. The Hall–Kier alpha value is -4.25. The van der Waals surface area contributed by atoms with Gasteiger partial charge in [-0.2, -0.15) is 0 Å². The average molecular weight is 453 g/mol.